The molecular formula is C16H23F2NS. The minimum absolute atomic E-state index is 0.0596. The zero-order valence-corrected chi connectivity index (χ0v) is 13.2. The van der Waals surface area contributed by atoms with E-state index >= 15 is 0 Å². The van der Waals surface area contributed by atoms with Crippen molar-refractivity contribution in [1.82, 2.24) is 5.32 Å². The third-order valence-electron chi connectivity index (χ3n) is 4.18. The molecule has 1 aromatic carbocycles. The molecule has 1 saturated heterocycles. The van der Waals surface area contributed by atoms with E-state index in [0.29, 0.717) is 12.5 Å². The molecule has 1 heterocycles. The van der Waals surface area contributed by atoms with E-state index in [-0.39, 0.29) is 17.0 Å². The molecule has 2 rings (SSSR count). The fourth-order valence-corrected chi connectivity index (χ4v) is 4.27. The van der Waals surface area contributed by atoms with Gasteiger partial charge in [0.15, 0.2) is 0 Å². The molecule has 2 unspecified atom stereocenters. The van der Waals surface area contributed by atoms with E-state index in [1.165, 1.54) is 30.4 Å². The van der Waals surface area contributed by atoms with Gasteiger partial charge in [-0.25, -0.2) is 8.78 Å². The largest absolute Gasteiger partial charge is 0.310 e. The fraction of sp³-hybridized carbons (Fsp3) is 0.625. The van der Waals surface area contributed by atoms with Crippen LogP contribution >= 0.6 is 11.8 Å². The monoisotopic (exact) mass is 299 g/mol. The standard InChI is InChI=1S/C16H23F2NS/c1-11(9-12-13(17)5-4-6-14(12)18)19-15-10-20-8-7-16(15,2)3/h4-6,11,15,19H,7-10H2,1-3H3. The quantitative estimate of drug-likeness (QED) is 0.901. The molecule has 1 nitrogen and oxygen atoms in total. The molecule has 0 bridgehead atoms. The Balaban J connectivity index is 2.00. The lowest BCUT2D eigenvalue weighted by molar-refractivity contribution is 0.230. The Morgan fingerprint density at radius 3 is 2.60 bits per heavy atom. The van der Waals surface area contributed by atoms with Crippen LogP contribution in [-0.2, 0) is 6.42 Å². The highest BCUT2D eigenvalue weighted by atomic mass is 32.2. The highest BCUT2D eigenvalue weighted by Gasteiger charge is 2.33. The van der Waals surface area contributed by atoms with E-state index in [4.69, 9.17) is 0 Å². The predicted molar refractivity (Wildman–Crippen MR) is 82.2 cm³/mol. The second-order valence-electron chi connectivity index (χ2n) is 6.34. The summed E-state index contributed by atoms with van der Waals surface area (Å²) in [6.45, 7) is 6.53. The van der Waals surface area contributed by atoms with Crippen molar-refractivity contribution in [2.45, 2.75) is 45.7 Å². The second kappa shape index (κ2) is 6.44. The van der Waals surface area contributed by atoms with E-state index in [1.807, 2.05) is 18.7 Å². The second-order valence-corrected chi connectivity index (χ2v) is 7.49. The van der Waals surface area contributed by atoms with Gasteiger partial charge in [0.2, 0.25) is 0 Å². The summed E-state index contributed by atoms with van der Waals surface area (Å²) in [6, 6.07) is 4.51. The van der Waals surface area contributed by atoms with Crippen LogP contribution in [0.2, 0.25) is 0 Å². The van der Waals surface area contributed by atoms with Gasteiger partial charge >= 0.3 is 0 Å². The summed E-state index contributed by atoms with van der Waals surface area (Å²) in [5.41, 5.74) is 0.432. The predicted octanol–water partition coefficient (Wildman–Crippen LogP) is 4.02. The number of rotatable bonds is 4. The lowest BCUT2D eigenvalue weighted by Crippen LogP contribution is -2.50. The summed E-state index contributed by atoms with van der Waals surface area (Å²) < 4.78 is 27.3. The van der Waals surface area contributed by atoms with Crippen molar-refractivity contribution >= 4 is 11.8 Å². The molecule has 2 atom stereocenters. The minimum atomic E-state index is -0.448. The first-order valence-electron chi connectivity index (χ1n) is 7.17. The molecule has 0 radical (unpaired) electrons. The molecular weight excluding hydrogens is 276 g/mol. The Morgan fingerprint density at radius 2 is 2.00 bits per heavy atom. The fourth-order valence-electron chi connectivity index (χ4n) is 2.65. The summed E-state index contributed by atoms with van der Waals surface area (Å²) in [5.74, 6) is 1.37. The van der Waals surface area contributed by atoms with Crippen LogP contribution in [-0.4, -0.2) is 23.6 Å². The Morgan fingerprint density at radius 1 is 1.35 bits per heavy atom. The Kier molecular flexibility index (Phi) is 5.08. The number of benzene rings is 1. The van der Waals surface area contributed by atoms with Gasteiger partial charge in [-0.15, -0.1) is 0 Å². The van der Waals surface area contributed by atoms with Crippen LogP contribution in [0.1, 0.15) is 32.8 Å². The third-order valence-corrected chi connectivity index (χ3v) is 5.24. The van der Waals surface area contributed by atoms with Crippen molar-refractivity contribution in [3.8, 4) is 0 Å². The molecule has 112 valence electrons. The van der Waals surface area contributed by atoms with Crippen LogP contribution in [0.15, 0.2) is 18.2 Å². The maximum Gasteiger partial charge on any atom is 0.129 e. The van der Waals surface area contributed by atoms with E-state index in [0.717, 1.165) is 5.75 Å². The van der Waals surface area contributed by atoms with E-state index in [9.17, 15) is 8.78 Å². The highest BCUT2D eigenvalue weighted by Crippen LogP contribution is 2.34. The van der Waals surface area contributed by atoms with Crippen molar-refractivity contribution < 1.29 is 8.78 Å². The normalized spacial score (nSPS) is 23.6. The van der Waals surface area contributed by atoms with Crippen molar-refractivity contribution in [2.24, 2.45) is 5.41 Å². The van der Waals surface area contributed by atoms with Gasteiger partial charge in [0.1, 0.15) is 11.6 Å². The molecule has 1 fully saturated rings. The summed E-state index contributed by atoms with van der Waals surface area (Å²) >= 11 is 1.95. The van der Waals surface area contributed by atoms with Crippen LogP contribution in [0.4, 0.5) is 8.78 Å². The number of halogens is 2. The van der Waals surface area contributed by atoms with Gasteiger partial charge in [0, 0.05) is 23.4 Å². The van der Waals surface area contributed by atoms with Crippen LogP contribution in [0.25, 0.3) is 0 Å². The lowest BCUT2D eigenvalue weighted by Gasteiger charge is -2.40. The molecule has 0 spiro atoms. The first kappa shape index (κ1) is 15.8. The molecule has 0 aliphatic carbocycles. The maximum atomic E-state index is 13.7. The summed E-state index contributed by atoms with van der Waals surface area (Å²) in [5, 5.41) is 3.56. The molecule has 0 amide bonds. The highest BCUT2D eigenvalue weighted by molar-refractivity contribution is 7.99. The SMILES string of the molecule is CC(Cc1c(F)cccc1F)NC1CSCCC1(C)C. The topological polar surface area (TPSA) is 12.0 Å². The maximum absolute atomic E-state index is 13.7. The third kappa shape index (κ3) is 3.73. The Bertz CT molecular complexity index is 442. The summed E-state index contributed by atoms with van der Waals surface area (Å²) in [7, 11) is 0. The molecule has 20 heavy (non-hydrogen) atoms. The van der Waals surface area contributed by atoms with E-state index < -0.39 is 11.6 Å². The van der Waals surface area contributed by atoms with Crippen molar-refractivity contribution in [3.05, 3.63) is 35.4 Å². The van der Waals surface area contributed by atoms with Crippen LogP contribution in [0, 0.1) is 17.0 Å². The smallest absolute Gasteiger partial charge is 0.129 e. The van der Waals surface area contributed by atoms with Crippen molar-refractivity contribution in [1.29, 1.82) is 0 Å². The molecule has 1 N–H and O–H groups in total. The van der Waals surface area contributed by atoms with Crippen LogP contribution < -0.4 is 5.32 Å². The zero-order valence-electron chi connectivity index (χ0n) is 12.4. The van der Waals surface area contributed by atoms with Gasteiger partial charge in [-0.1, -0.05) is 19.9 Å². The molecule has 1 aliphatic heterocycles. The molecule has 0 saturated carbocycles. The average Bonchev–Trinajstić information content (AvgIpc) is 2.36. The van der Waals surface area contributed by atoms with E-state index in [1.54, 1.807) is 0 Å². The van der Waals surface area contributed by atoms with Gasteiger partial charge in [0.05, 0.1) is 0 Å². The van der Waals surface area contributed by atoms with Gasteiger partial charge < -0.3 is 5.32 Å². The molecule has 0 aromatic heterocycles. The van der Waals surface area contributed by atoms with Gasteiger partial charge in [-0.05, 0) is 43.1 Å². The van der Waals surface area contributed by atoms with Crippen LogP contribution in [0.3, 0.4) is 0 Å². The average molecular weight is 299 g/mol. The number of nitrogens with one attached hydrogen (secondary N) is 1. The van der Waals surface area contributed by atoms with Crippen molar-refractivity contribution in [2.75, 3.05) is 11.5 Å². The van der Waals surface area contributed by atoms with Crippen molar-refractivity contribution in [3.63, 3.8) is 0 Å². The Labute approximate surface area is 124 Å². The summed E-state index contributed by atoms with van der Waals surface area (Å²) in [6.07, 6.45) is 1.56. The number of thioether (sulfide) groups is 1. The lowest BCUT2D eigenvalue weighted by atomic mass is 9.82. The number of hydrogen-bond donors (Lipinski definition) is 1. The van der Waals surface area contributed by atoms with Gasteiger partial charge in [0.25, 0.3) is 0 Å². The first-order valence-corrected chi connectivity index (χ1v) is 8.32. The first-order chi connectivity index (χ1) is 9.40. The minimum Gasteiger partial charge on any atom is -0.310 e. The zero-order chi connectivity index (χ0) is 14.8. The summed E-state index contributed by atoms with van der Waals surface area (Å²) in [4.78, 5) is 0. The van der Waals surface area contributed by atoms with Gasteiger partial charge in [-0.3, -0.25) is 0 Å². The Hall–Kier alpha value is -0.610. The molecule has 1 aliphatic rings. The van der Waals surface area contributed by atoms with E-state index in [2.05, 4.69) is 19.2 Å². The van der Waals surface area contributed by atoms with Gasteiger partial charge in [-0.2, -0.15) is 11.8 Å². The molecule has 4 heteroatoms. The molecule has 1 aromatic rings. The van der Waals surface area contributed by atoms with Crippen LogP contribution in [0.5, 0.6) is 0 Å². The number of hydrogen-bond acceptors (Lipinski definition) is 2.